The monoisotopic (exact) mass is 225 g/mol. The molecular formula is C11H15NO4. The highest BCUT2D eigenvalue weighted by Crippen LogP contribution is 2.29. The van der Waals surface area contributed by atoms with Crippen LogP contribution in [0.25, 0.3) is 0 Å². The number of aliphatic hydroxyl groups excluding tert-OH is 1. The molecule has 16 heavy (non-hydrogen) atoms. The number of nitrogens with two attached hydrogens (primary N) is 1. The van der Waals surface area contributed by atoms with E-state index in [1.807, 2.05) is 0 Å². The third-order valence-corrected chi connectivity index (χ3v) is 2.35. The highest BCUT2D eigenvalue weighted by molar-refractivity contribution is 5.91. The minimum Gasteiger partial charge on any atom is -0.507 e. The van der Waals surface area contributed by atoms with Crippen LogP contribution in [0.5, 0.6) is 5.75 Å². The van der Waals surface area contributed by atoms with Crippen molar-refractivity contribution >= 4 is 5.97 Å². The van der Waals surface area contributed by atoms with E-state index in [-0.39, 0.29) is 24.3 Å². The molecule has 0 unspecified atom stereocenters. The second kappa shape index (κ2) is 4.96. The number of carboxylic acid groups (broad SMARTS) is 1. The van der Waals surface area contributed by atoms with Gasteiger partial charge in [0, 0.05) is 18.2 Å². The smallest absolute Gasteiger partial charge is 0.339 e. The number of carbonyl (C=O) groups is 1. The van der Waals surface area contributed by atoms with E-state index in [2.05, 4.69) is 0 Å². The molecule has 0 amide bonds. The molecule has 0 aliphatic carbocycles. The van der Waals surface area contributed by atoms with Crippen LogP contribution in [0.3, 0.4) is 0 Å². The number of aliphatic hydroxyl groups is 1. The topological polar surface area (TPSA) is 104 Å². The van der Waals surface area contributed by atoms with Crippen molar-refractivity contribution in [1.29, 1.82) is 0 Å². The highest BCUT2D eigenvalue weighted by Gasteiger charge is 2.18. The minimum absolute atomic E-state index is 0.114. The fourth-order valence-corrected chi connectivity index (χ4v) is 1.55. The Morgan fingerprint density at radius 1 is 1.50 bits per heavy atom. The van der Waals surface area contributed by atoms with Crippen LogP contribution in [0.2, 0.25) is 0 Å². The van der Waals surface area contributed by atoms with Crippen molar-refractivity contribution in [2.45, 2.75) is 19.4 Å². The molecular weight excluding hydrogens is 210 g/mol. The summed E-state index contributed by atoms with van der Waals surface area (Å²) in [5, 5.41) is 27.4. The predicted octanol–water partition coefficient (Wildman–Crippen LogP) is 0.781. The molecule has 1 aromatic carbocycles. The fourth-order valence-electron chi connectivity index (χ4n) is 1.55. The van der Waals surface area contributed by atoms with Gasteiger partial charge in [-0.3, -0.25) is 0 Å². The van der Waals surface area contributed by atoms with E-state index in [4.69, 9.17) is 15.9 Å². The minimum atomic E-state index is -1.20. The molecule has 0 fully saturated rings. The zero-order valence-corrected chi connectivity index (χ0v) is 8.97. The van der Waals surface area contributed by atoms with Crippen molar-refractivity contribution in [3.8, 4) is 5.75 Å². The number of aromatic carboxylic acids is 1. The Labute approximate surface area is 93.1 Å². The first kappa shape index (κ1) is 12.5. The summed E-state index contributed by atoms with van der Waals surface area (Å²) in [4.78, 5) is 10.9. The van der Waals surface area contributed by atoms with E-state index in [1.54, 1.807) is 13.0 Å². The van der Waals surface area contributed by atoms with Crippen molar-refractivity contribution in [2.75, 3.05) is 6.61 Å². The largest absolute Gasteiger partial charge is 0.507 e. The molecule has 0 saturated carbocycles. The Balaban J connectivity index is 3.23. The molecule has 0 aliphatic heterocycles. The molecule has 0 radical (unpaired) electrons. The second-order valence-corrected chi connectivity index (χ2v) is 3.67. The summed E-state index contributed by atoms with van der Waals surface area (Å²) in [7, 11) is 0. The van der Waals surface area contributed by atoms with Crippen molar-refractivity contribution in [1.82, 2.24) is 0 Å². The molecule has 0 spiro atoms. The van der Waals surface area contributed by atoms with Crippen LogP contribution in [0, 0.1) is 6.92 Å². The van der Waals surface area contributed by atoms with Crippen LogP contribution in [-0.4, -0.2) is 27.9 Å². The van der Waals surface area contributed by atoms with Gasteiger partial charge in [-0.1, -0.05) is 6.07 Å². The van der Waals surface area contributed by atoms with Crippen molar-refractivity contribution in [3.05, 3.63) is 28.8 Å². The summed E-state index contributed by atoms with van der Waals surface area (Å²) in [5.41, 5.74) is 6.63. The quantitative estimate of drug-likeness (QED) is 0.606. The number of rotatable bonds is 4. The SMILES string of the molecule is Cc1cc(C(=O)O)c(O)c([C@H](N)CCO)c1. The first-order valence-electron chi connectivity index (χ1n) is 4.90. The van der Waals surface area contributed by atoms with E-state index in [0.717, 1.165) is 0 Å². The second-order valence-electron chi connectivity index (χ2n) is 3.67. The normalized spacial score (nSPS) is 12.4. The van der Waals surface area contributed by atoms with Gasteiger partial charge in [0.25, 0.3) is 0 Å². The Morgan fingerprint density at radius 2 is 2.12 bits per heavy atom. The van der Waals surface area contributed by atoms with E-state index in [0.29, 0.717) is 11.1 Å². The lowest BCUT2D eigenvalue weighted by Gasteiger charge is -2.14. The molecule has 1 aromatic rings. The molecule has 0 aromatic heterocycles. The predicted molar refractivity (Wildman–Crippen MR) is 58.4 cm³/mol. The van der Waals surface area contributed by atoms with Gasteiger partial charge in [-0.2, -0.15) is 0 Å². The van der Waals surface area contributed by atoms with Gasteiger partial charge in [-0.15, -0.1) is 0 Å². The summed E-state index contributed by atoms with van der Waals surface area (Å²) < 4.78 is 0. The van der Waals surface area contributed by atoms with Crippen molar-refractivity contribution in [2.24, 2.45) is 5.73 Å². The van der Waals surface area contributed by atoms with Crippen molar-refractivity contribution in [3.63, 3.8) is 0 Å². The van der Waals surface area contributed by atoms with Gasteiger partial charge in [-0.05, 0) is 25.0 Å². The highest BCUT2D eigenvalue weighted by atomic mass is 16.4. The first-order chi connectivity index (χ1) is 7.47. The van der Waals surface area contributed by atoms with Crippen LogP contribution < -0.4 is 5.73 Å². The van der Waals surface area contributed by atoms with E-state index in [9.17, 15) is 9.90 Å². The molecule has 5 heteroatoms. The third-order valence-electron chi connectivity index (χ3n) is 2.35. The van der Waals surface area contributed by atoms with E-state index >= 15 is 0 Å². The number of carboxylic acids is 1. The number of aryl methyl sites for hydroxylation is 1. The third kappa shape index (κ3) is 2.50. The molecule has 0 aliphatic rings. The summed E-state index contributed by atoms with van der Waals surface area (Å²) in [6.45, 7) is 1.61. The van der Waals surface area contributed by atoms with E-state index < -0.39 is 12.0 Å². The van der Waals surface area contributed by atoms with Crippen LogP contribution in [0.15, 0.2) is 12.1 Å². The number of benzene rings is 1. The molecule has 1 rings (SSSR count). The fraction of sp³-hybridized carbons (Fsp3) is 0.364. The summed E-state index contributed by atoms with van der Waals surface area (Å²) in [6.07, 6.45) is 0.274. The van der Waals surface area contributed by atoms with Gasteiger partial charge in [0.1, 0.15) is 11.3 Å². The Bertz CT molecular complexity index is 403. The number of phenols is 1. The Hall–Kier alpha value is -1.59. The average molecular weight is 225 g/mol. The first-order valence-corrected chi connectivity index (χ1v) is 4.90. The lowest BCUT2D eigenvalue weighted by atomic mass is 9.98. The van der Waals surface area contributed by atoms with Gasteiger partial charge in [0.15, 0.2) is 0 Å². The van der Waals surface area contributed by atoms with Crippen LogP contribution in [-0.2, 0) is 0 Å². The van der Waals surface area contributed by atoms with Gasteiger partial charge in [0.05, 0.1) is 0 Å². The van der Waals surface area contributed by atoms with Gasteiger partial charge >= 0.3 is 5.97 Å². The summed E-state index contributed by atoms with van der Waals surface area (Å²) in [6, 6.07) is 2.44. The molecule has 0 bridgehead atoms. The molecule has 0 heterocycles. The molecule has 5 N–H and O–H groups in total. The van der Waals surface area contributed by atoms with Crippen LogP contribution in [0.1, 0.15) is 33.9 Å². The zero-order valence-electron chi connectivity index (χ0n) is 8.97. The number of hydrogen-bond donors (Lipinski definition) is 4. The standard InChI is InChI=1S/C11H15NO4/c1-6-4-7(9(12)2-3-13)10(14)8(5-6)11(15)16/h4-5,9,13-14H,2-3,12H2,1H3,(H,15,16)/t9-/m1/s1. The molecule has 1 atom stereocenters. The van der Waals surface area contributed by atoms with E-state index in [1.165, 1.54) is 6.07 Å². The molecule has 5 nitrogen and oxygen atoms in total. The van der Waals surface area contributed by atoms with Crippen molar-refractivity contribution < 1.29 is 20.1 Å². The maximum Gasteiger partial charge on any atom is 0.339 e. The lowest BCUT2D eigenvalue weighted by molar-refractivity contribution is 0.0693. The molecule has 88 valence electrons. The maximum absolute atomic E-state index is 10.9. The maximum atomic E-state index is 10.9. The van der Waals surface area contributed by atoms with Crippen LogP contribution in [0.4, 0.5) is 0 Å². The zero-order chi connectivity index (χ0) is 12.3. The average Bonchev–Trinajstić information content (AvgIpc) is 2.20. The summed E-state index contributed by atoms with van der Waals surface area (Å²) in [5.74, 6) is -1.52. The van der Waals surface area contributed by atoms with Gasteiger partial charge in [0.2, 0.25) is 0 Å². The van der Waals surface area contributed by atoms with Gasteiger partial charge in [-0.25, -0.2) is 4.79 Å². The summed E-state index contributed by atoms with van der Waals surface area (Å²) >= 11 is 0. The number of aromatic hydroxyl groups is 1. The number of hydrogen-bond acceptors (Lipinski definition) is 4. The lowest BCUT2D eigenvalue weighted by Crippen LogP contribution is -2.13. The Morgan fingerprint density at radius 3 is 2.62 bits per heavy atom. The van der Waals surface area contributed by atoms with Gasteiger partial charge < -0.3 is 21.1 Å². The van der Waals surface area contributed by atoms with Crippen LogP contribution >= 0.6 is 0 Å². The molecule has 0 saturated heterocycles. The Kier molecular flexibility index (Phi) is 3.87.